The van der Waals surface area contributed by atoms with Gasteiger partial charge in [0.05, 0.1) is 6.61 Å². The average Bonchev–Trinajstić information content (AvgIpc) is 3.07. The largest absolute Gasteiger partial charge is 0.393 e. The summed E-state index contributed by atoms with van der Waals surface area (Å²) in [5.74, 6) is 0.237. The Morgan fingerprint density at radius 1 is 1.13 bits per heavy atom. The maximum Gasteiger partial charge on any atom is 0.322 e. The van der Waals surface area contributed by atoms with E-state index in [1.54, 1.807) is 29.2 Å². The molecule has 2 saturated heterocycles. The third-order valence-corrected chi connectivity index (χ3v) is 5.86. The lowest BCUT2D eigenvalue weighted by Crippen LogP contribution is -2.49. The predicted molar refractivity (Wildman–Crippen MR) is 114 cm³/mol. The van der Waals surface area contributed by atoms with Crippen molar-refractivity contribution >= 4 is 23.7 Å². The molecule has 4 rings (SSSR count). The second-order valence-electron chi connectivity index (χ2n) is 7.98. The van der Waals surface area contributed by atoms with Crippen LogP contribution in [0.15, 0.2) is 36.5 Å². The Bertz CT molecular complexity index is 1030. The van der Waals surface area contributed by atoms with Gasteiger partial charge in [-0.25, -0.2) is 9.78 Å². The zero-order valence-electron chi connectivity index (χ0n) is 17.5. The fourth-order valence-electron chi connectivity index (χ4n) is 4.14. The highest BCUT2D eigenvalue weighted by molar-refractivity contribution is 6.07. The highest BCUT2D eigenvalue weighted by Crippen LogP contribution is 2.25. The fraction of sp³-hybridized carbons (Fsp3) is 0.364. The number of aryl methyl sites for hydroxylation is 2. The molecule has 0 saturated carbocycles. The first kappa shape index (κ1) is 20.8. The number of hydrogen-bond acceptors (Lipinski definition) is 6. The Morgan fingerprint density at radius 3 is 2.35 bits per heavy atom. The number of benzene rings is 1. The van der Waals surface area contributed by atoms with Gasteiger partial charge in [-0.2, -0.15) is 0 Å². The van der Waals surface area contributed by atoms with Crippen molar-refractivity contribution in [3.8, 4) is 0 Å². The van der Waals surface area contributed by atoms with Crippen LogP contribution < -0.4 is 15.5 Å². The van der Waals surface area contributed by atoms with Crippen LogP contribution in [-0.2, 0) is 10.3 Å². The maximum atomic E-state index is 12.9. The van der Waals surface area contributed by atoms with Gasteiger partial charge in [-0.3, -0.25) is 14.9 Å². The molecule has 0 radical (unpaired) electrons. The Hall–Kier alpha value is -3.46. The van der Waals surface area contributed by atoms with E-state index in [0.29, 0.717) is 37.3 Å². The van der Waals surface area contributed by atoms with Crippen LogP contribution in [0.1, 0.15) is 27.0 Å². The summed E-state index contributed by atoms with van der Waals surface area (Å²) in [6.45, 7) is 6.03. The lowest BCUT2D eigenvalue weighted by atomic mass is 9.90. The molecule has 1 atom stereocenters. The number of carbonyl (C=O) groups excluding carboxylic acids is 3. The molecule has 2 aliphatic rings. The van der Waals surface area contributed by atoms with Gasteiger partial charge in [0, 0.05) is 37.9 Å². The number of aliphatic hydroxyl groups excluding tert-OH is 1. The quantitative estimate of drug-likeness (QED) is 0.624. The number of piperazine rings is 1. The molecular weight excluding hydrogens is 398 g/mol. The number of rotatable bonds is 4. The van der Waals surface area contributed by atoms with Crippen LogP contribution in [0.5, 0.6) is 0 Å². The van der Waals surface area contributed by atoms with E-state index in [4.69, 9.17) is 0 Å². The van der Waals surface area contributed by atoms with Crippen LogP contribution in [0.4, 0.5) is 10.6 Å². The van der Waals surface area contributed by atoms with Crippen molar-refractivity contribution in [1.82, 2.24) is 20.5 Å². The molecule has 3 N–H and O–H groups in total. The summed E-state index contributed by atoms with van der Waals surface area (Å²) in [5, 5.41) is 14.3. The van der Waals surface area contributed by atoms with E-state index in [0.717, 1.165) is 16.9 Å². The van der Waals surface area contributed by atoms with Crippen LogP contribution in [-0.4, -0.2) is 65.6 Å². The Balaban J connectivity index is 1.44. The molecule has 1 aromatic heterocycles. The number of carbonyl (C=O) groups is 3. The van der Waals surface area contributed by atoms with Crippen LogP contribution >= 0.6 is 0 Å². The standard InChI is InChI=1S/C22H25N5O4/c1-14-11-15(2)18(23-12-14)26-7-9-27(10-8-26)19(29)16-3-5-17(6-4-16)22(13-28)20(30)24-21(31)25-22/h3-6,11-12,28H,7-10,13H2,1-2H3,(H2,24,25,30,31). The van der Waals surface area contributed by atoms with Gasteiger partial charge < -0.3 is 20.2 Å². The SMILES string of the molecule is Cc1cnc(N2CCN(C(=O)c3ccc(C4(CO)NC(=O)NC4=O)cc3)CC2)c(C)c1. The number of aliphatic hydroxyl groups is 1. The number of amides is 4. The molecule has 1 unspecified atom stereocenters. The van der Waals surface area contributed by atoms with Gasteiger partial charge in [-0.05, 0) is 42.7 Å². The van der Waals surface area contributed by atoms with Gasteiger partial charge in [0.15, 0.2) is 5.54 Å². The van der Waals surface area contributed by atoms with Gasteiger partial charge in [0.1, 0.15) is 5.82 Å². The topological polar surface area (TPSA) is 115 Å². The highest BCUT2D eigenvalue weighted by atomic mass is 16.3. The minimum atomic E-state index is -1.52. The molecule has 9 heteroatoms. The van der Waals surface area contributed by atoms with Crippen LogP contribution in [0.3, 0.4) is 0 Å². The zero-order valence-corrected chi connectivity index (χ0v) is 17.5. The van der Waals surface area contributed by atoms with Crippen molar-refractivity contribution in [2.24, 2.45) is 0 Å². The number of imide groups is 1. The third kappa shape index (κ3) is 3.72. The van der Waals surface area contributed by atoms with E-state index in [9.17, 15) is 19.5 Å². The van der Waals surface area contributed by atoms with Crippen molar-refractivity contribution < 1.29 is 19.5 Å². The normalized spacial score (nSPS) is 21.1. The number of nitrogens with one attached hydrogen (secondary N) is 2. The molecule has 3 heterocycles. The number of pyridine rings is 1. The molecule has 0 bridgehead atoms. The molecule has 2 aromatic rings. The molecule has 2 fully saturated rings. The smallest absolute Gasteiger partial charge is 0.322 e. The Kier molecular flexibility index (Phi) is 5.36. The van der Waals surface area contributed by atoms with E-state index < -0.39 is 24.1 Å². The molecule has 9 nitrogen and oxygen atoms in total. The van der Waals surface area contributed by atoms with Crippen molar-refractivity contribution in [1.29, 1.82) is 0 Å². The van der Waals surface area contributed by atoms with Crippen LogP contribution in [0.25, 0.3) is 0 Å². The lowest BCUT2D eigenvalue weighted by Gasteiger charge is -2.36. The van der Waals surface area contributed by atoms with Gasteiger partial charge in [-0.15, -0.1) is 0 Å². The summed E-state index contributed by atoms with van der Waals surface area (Å²) in [6, 6.07) is 7.86. The van der Waals surface area contributed by atoms with Crippen molar-refractivity contribution in [2.75, 3.05) is 37.7 Å². The highest BCUT2D eigenvalue weighted by Gasteiger charge is 2.47. The van der Waals surface area contributed by atoms with E-state index in [1.165, 1.54) is 0 Å². The Labute approximate surface area is 180 Å². The second kappa shape index (κ2) is 7.99. The van der Waals surface area contributed by atoms with E-state index in [-0.39, 0.29) is 5.91 Å². The average molecular weight is 423 g/mol. The van der Waals surface area contributed by atoms with Crippen molar-refractivity contribution in [2.45, 2.75) is 19.4 Å². The maximum absolute atomic E-state index is 12.9. The van der Waals surface area contributed by atoms with Gasteiger partial charge in [-0.1, -0.05) is 18.2 Å². The summed E-state index contributed by atoms with van der Waals surface area (Å²) in [4.78, 5) is 45.2. The number of nitrogens with zero attached hydrogens (tertiary/aromatic N) is 3. The van der Waals surface area contributed by atoms with Crippen LogP contribution in [0.2, 0.25) is 0 Å². The monoisotopic (exact) mass is 423 g/mol. The molecule has 0 aliphatic carbocycles. The third-order valence-electron chi connectivity index (χ3n) is 5.86. The molecule has 0 spiro atoms. The summed E-state index contributed by atoms with van der Waals surface area (Å²) in [5.41, 5.74) is 1.62. The molecular formula is C22H25N5O4. The van der Waals surface area contributed by atoms with E-state index in [1.807, 2.05) is 20.0 Å². The van der Waals surface area contributed by atoms with Crippen molar-refractivity contribution in [3.63, 3.8) is 0 Å². The first-order valence-corrected chi connectivity index (χ1v) is 10.2. The first-order chi connectivity index (χ1) is 14.8. The lowest BCUT2D eigenvalue weighted by molar-refractivity contribution is -0.125. The summed E-state index contributed by atoms with van der Waals surface area (Å²) in [6.07, 6.45) is 1.85. The number of anilines is 1. The molecule has 4 amide bonds. The van der Waals surface area contributed by atoms with Crippen LogP contribution in [0, 0.1) is 13.8 Å². The van der Waals surface area contributed by atoms with Gasteiger partial charge in [0.2, 0.25) is 0 Å². The number of urea groups is 1. The summed E-state index contributed by atoms with van der Waals surface area (Å²) < 4.78 is 0. The summed E-state index contributed by atoms with van der Waals surface area (Å²) >= 11 is 0. The van der Waals surface area contributed by atoms with E-state index >= 15 is 0 Å². The Morgan fingerprint density at radius 2 is 1.81 bits per heavy atom. The molecule has 31 heavy (non-hydrogen) atoms. The van der Waals surface area contributed by atoms with E-state index in [2.05, 4.69) is 26.6 Å². The summed E-state index contributed by atoms with van der Waals surface area (Å²) in [7, 11) is 0. The zero-order chi connectivity index (χ0) is 22.2. The van der Waals surface area contributed by atoms with Gasteiger partial charge in [0.25, 0.3) is 11.8 Å². The predicted octanol–water partition coefficient (Wildman–Crippen LogP) is 0.688. The fourth-order valence-corrected chi connectivity index (χ4v) is 4.14. The van der Waals surface area contributed by atoms with Gasteiger partial charge >= 0.3 is 6.03 Å². The molecule has 162 valence electrons. The molecule has 1 aromatic carbocycles. The number of aromatic nitrogens is 1. The van der Waals surface area contributed by atoms with Crippen molar-refractivity contribution in [3.05, 3.63) is 58.8 Å². The minimum absolute atomic E-state index is 0.0993. The first-order valence-electron chi connectivity index (χ1n) is 10.2. The number of hydrogen-bond donors (Lipinski definition) is 3. The minimum Gasteiger partial charge on any atom is -0.393 e. The molecule has 2 aliphatic heterocycles. The second-order valence-corrected chi connectivity index (χ2v) is 7.98.